The molecule has 2 aliphatic rings. The first-order valence-corrected chi connectivity index (χ1v) is 12.4. The van der Waals surface area contributed by atoms with E-state index in [4.69, 9.17) is 11.6 Å². The Morgan fingerprint density at radius 2 is 1.85 bits per heavy atom. The molecule has 2 heterocycles. The third-order valence-electron chi connectivity index (χ3n) is 5.67. The lowest BCUT2D eigenvalue weighted by molar-refractivity contribution is 0.102. The number of halogens is 1. The smallest absolute Gasteiger partial charge is 0.301 e. The summed E-state index contributed by atoms with van der Waals surface area (Å²) in [6.07, 6.45) is 1.40. The van der Waals surface area contributed by atoms with Gasteiger partial charge in [-0.15, -0.1) is 0 Å². The van der Waals surface area contributed by atoms with Gasteiger partial charge in [0.1, 0.15) is 0 Å². The van der Waals surface area contributed by atoms with Crippen LogP contribution in [0, 0.1) is 0 Å². The topological polar surface area (TPSA) is 90.9 Å². The zero-order valence-corrected chi connectivity index (χ0v) is 19.2. The van der Waals surface area contributed by atoms with E-state index in [9.17, 15) is 13.2 Å². The fourth-order valence-electron chi connectivity index (χ4n) is 3.99. The van der Waals surface area contributed by atoms with Crippen molar-refractivity contribution in [3.05, 3.63) is 88.4 Å². The highest BCUT2D eigenvalue weighted by atomic mass is 35.5. The predicted octanol–water partition coefficient (Wildman–Crippen LogP) is 4.31. The molecule has 7 nitrogen and oxygen atoms in total. The summed E-state index contributed by atoms with van der Waals surface area (Å²) in [6, 6.07) is 19.8. The zero-order valence-electron chi connectivity index (χ0n) is 17.6. The lowest BCUT2D eigenvalue weighted by Gasteiger charge is -2.28. The van der Waals surface area contributed by atoms with E-state index in [0.717, 1.165) is 28.9 Å². The van der Waals surface area contributed by atoms with Gasteiger partial charge in [-0.2, -0.15) is 13.1 Å². The Balaban J connectivity index is 1.33. The van der Waals surface area contributed by atoms with Crippen LogP contribution in [0.25, 0.3) is 0 Å². The first-order chi connectivity index (χ1) is 15.9. The van der Waals surface area contributed by atoms with Gasteiger partial charge in [0.05, 0.1) is 17.1 Å². The molecule has 2 N–H and O–H groups in total. The summed E-state index contributed by atoms with van der Waals surface area (Å²) in [5, 5.41) is 3.46. The second-order valence-corrected chi connectivity index (χ2v) is 9.97. The highest BCUT2D eigenvalue weighted by Gasteiger charge is 2.25. The van der Waals surface area contributed by atoms with E-state index in [2.05, 4.69) is 15.0 Å². The molecule has 2 aliphatic heterocycles. The molecule has 9 heteroatoms. The molecule has 0 bridgehead atoms. The number of amides is 1. The van der Waals surface area contributed by atoms with Gasteiger partial charge in [0, 0.05) is 41.3 Å². The number of benzene rings is 3. The van der Waals surface area contributed by atoms with Gasteiger partial charge in [-0.05, 0) is 60.5 Å². The number of para-hydroxylation sites is 1. The summed E-state index contributed by atoms with van der Waals surface area (Å²) < 4.78 is 28.2. The summed E-state index contributed by atoms with van der Waals surface area (Å²) >= 11 is 6.43. The molecule has 1 saturated heterocycles. The first kappa shape index (κ1) is 21.6. The Labute approximate surface area is 197 Å². The summed E-state index contributed by atoms with van der Waals surface area (Å²) in [6.45, 7) is 0.836. The molecule has 0 saturated carbocycles. The van der Waals surface area contributed by atoms with E-state index in [1.807, 2.05) is 30.3 Å². The number of carbonyl (C=O) groups excluding carboxylic acids is 1. The van der Waals surface area contributed by atoms with Gasteiger partial charge >= 0.3 is 10.2 Å². The number of aliphatic imine (C=N–C) groups is 1. The van der Waals surface area contributed by atoms with Gasteiger partial charge in [-0.1, -0.05) is 29.8 Å². The van der Waals surface area contributed by atoms with Crippen LogP contribution < -0.4 is 14.3 Å². The van der Waals surface area contributed by atoms with E-state index in [1.165, 1.54) is 4.31 Å². The summed E-state index contributed by atoms with van der Waals surface area (Å²) in [5.74, 6) is -0.300. The maximum absolute atomic E-state index is 12.8. The summed E-state index contributed by atoms with van der Waals surface area (Å²) in [7, 11) is -3.54. The van der Waals surface area contributed by atoms with Gasteiger partial charge in [0.25, 0.3) is 5.91 Å². The summed E-state index contributed by atoms with van der Waals surface area (Å²) in [5.41, 5.74) is 5.26. The number of rotatable bonds is 4. The van der Waals surface area contributed by atoms with Gasteiger partial charge in [-0.25, -0.2) is 0 Å². The monoisotopic (exact) mass is 480 g/mol. The van der Waals surface area contributed by atoms with Gasteiger partial charge in [0.2, 0.25) is 0 Å². The van der Waals surface area contributed by atoms with Crippen molar-refractivity contribution in [1.82, 2.24) is 4.72 Å². The normalized spacial score (nSPS) is 16.8. The second kappa shape index (κ2) is 8.62. The van der Waals surface area contributed by atoms with Crippen LogP contribution in [0.5, 0.6) is 0 Å². The van der Waals surface area contributed by atoms with Gasteiger partial charge in [-0.3, -0.25) is 14.1 Å². The minimum atomic E-state index is -3.54. The molecule has 168 valence electrons. The van der Waals surface area contributed by atoms with Crippen LogP contribution in [0.15, 0.2) is 71.7 Å². The Hall–Kier alpha value is -3.20. The largest absolute Gasteiger partial charge is 0.322 e. The van der Waals surface area contributed by atoms with E-state index < -0.39 is 10.2 Å². The Kier molecular flexibility index (Phi) is 5.65. The molecule has 0 aromatic heterocycles. The average molecular weight is 481 g/mol. The highest BCUT2D eigenvalue weighted by molar-refractivity contribution is 7.90. The van der Waals surface area contributed by atoms with Crippen molar-refractivity contribution in [1.29, 1.82) is 0 Å². The number of nitrogens with zero attached hydrogens (tertiary/aromatic N) is 2. The lowest BCUT2D eigenvalue weighted by atomic mass is 10.0. The van der Waals surface area contributed by atoms with Crippen molar-refractivity contribution in [3.8, 4) is 0 Å². The third-order valence-corrected chi connectivity index (χ3v) is 7.54. The number of carbonyl (C=O) groups is 1. The van der Waals surface area contributed by atoms with Crippen LogP contribution >= 0.6 is 11.6 Å². The average Bonchev–Trinajstić information content (AvgIpc) is 3.24. The quantitative estimate of drug-likeness (QED) is 0.582. The SMILES string of the molecule is O=C(Nc1ccc(Cl)c(C2=Nc3ccccc3C2)c1)c1ccc(N2CCCNS2(=O)=O)cc1. The minimum Gasteiger partial charge on any atom is -0.322 e. The minimum absolute atomic E-state index is 0.300. The molecule has 3 aromatic carbocycles. The fraction of sp³-hybridized carbons (Fsp3) is 0.167. The number of hydrogen-bond acceptors (Lipinski definition) is 4. The van der Waals surface area contributed by atoms with Crippen molar-refractivity contribution in [2.24, 2.45) is 4.99 Å². The maximum Gasteiger partial charge on any atom is 0.301 e. The van der Waals surface area contributed by atoms with Crippen LogP contribution in [0.1, 0.15) is 27.9 Å². The van der Waals surface area contributed by atoms with Crippen molar-refractivity contribution in [3.63, 3.8) is 0 Å². The molecule has 0 atom stereocenters. The van der Waals surface area contributed by atoms with Gasteiger partial charge in [0.15, 0.2) is 0 Å². The fourth-order valence-corrected chi connectivity index (χ4v) is 5.54. The lowest BCUT2D eigenvalue weighted by Crippen LogP contribution is -2.47. The van der Waals surface area contributed by atoms with Crippen molar-refractivity contribution >= 4 is 50.5 Å². The molecule has 0 unspecified atom stereocenters. The Morgan fingerprint density at radius 1 is 1.06 bits per heavy atom. The molecule has 0 spiro atoms. The van der Waals surface area contributed by atoms with Crippen LogP contribution in [-0.2, 0) is 16.6 Å². The van der Waals surface area contributed by atoms with Crippen molar-refractivity contribution in [2.45, 2.75) is 12.8 Å². The molecule has 0 radical (unpaired) electrons. The van der Waals surface area contributed by atoms with Crippen molar-refractivity contribution < 1.29 is 13.2 Å². The number of hydrogen-bond donors (Lipinski definition) is 2. The molecule has 5 rings (SSSR count). The third kappa shape index (κ3) is 4.37. The van der Waals surface area contributed by atoms with Crippen LogP contribution in [0.3, 0.4) is 0 Å². The van der Waals surface area contributed by atoms with Crippen LogP contribution in [0.2, 0.25) is 5.02 Å². The molecule has 1 amide bonds. The van der Waals surface area contributed by atoms with E-state index >= 15 is 0 Å². The Morgan fingerprint density at radius 3 is 2.61 bits per heavy atom. The van der Waals surface area contributed by atoms with E-state index in [0.29, 0.717) is 41.5 Å². The number of nitrogens with one attached hydrogen (secondary N) is 2. The summed E-state index contributed by atoms with van der Waals surface area (Å²) in [4.78, 5) is 17.5. The van der Waals surface area contributed by atoms with E-state index in [1.54, 1.807) is 36.4 Å². The number of fused-ring (bicyclic) bond motifs is 1. The van der Waals surface area contributed by atoms with Gasteiger partial charge < -0.3 is 5.32 Å². The molecular weight excluding hydrogens is 460 g/mol. The zero-order chi connectivity index (χ0) is 23.0. The van der Waals surface area contributed by atoms with E-state index in [-0.39, 0.29) is 5.91 Å². The Bertz CT molecular complexity index is 1370. The molecule has 3 aromatic rings. The molecule has 1 fully saturated rings. The molecular formula is C24H21ClN4O3S. The maximum atomic E-state index is 12.8. The van der Waals surface area contributed by atoms with Crippen molar-refractivity contribution in [2.75, 3.05) is 22.7 Å². The van der Waals surface area contributed by atoms with Crippen LogP contribution in [0.4, 0.5) is 17.1 Å². The first-order valence-electron chi connectivity index (χ1n) is 10.5. The van der Waals surface area contributed by atoms with Crippen LogP contribution in [-0.4, -0.2) is 33.1 Å². The highest BCUT2D eigenvalue weighted by Crippen LogP contribution is 2.32. The second-order valence-electron chi connectivity index (χ2n) is 7.88. The molecule has 33 heavy (non-hydrogen) atoms. The standard InChI is InChI=1S/C24H21ClN4O3S/c25-21-11-8-18(15-20(21)23-14-17-4-1-2-5-22(17)28-23)27-24(30)16-6-9-19(10-7-16)29-13-3-12-26-33(29,31)32/h1-2,4-11,15,26H,3,12-14H2,(H,27,30). The predicted molar refractivity (Wildman–Crippen MR) is 131 cm³/mol. The molecule has 0 aliphatic carbocycles. The number of anilines is 2.